The van der Waals surface area contributed by atoms with Gasteiger partial charge in [-0.3, -0.25) is 9.78 Å². The number of nitrogens with one attached hydrogen (secondary N) is 1. The Morgan fingerprint density at radius 2 is 2.47 bits per heavy atom. The highest BCUT2D eigenvalue weighted by atomic mass is 32.1. The van der Waals surface area contributed by atoms with Crippen LogP contribution in [0, 0.1) is 0 Å². The average Bonchev–Trinajstić information content (AvgIpc) is 2.80. The van der Waals surface area contributed by atoms with Gasteiger partial charge in [0.15, 0.2) is 0 Å². The first-order valence-corrected chi connectivity index (χ1v) is 5.36. The zero-order valence-corrected chi connectivity index (χ0v) is 8.70. The van der Waals surface area contributed by atoms with Crippen LogP contribution in [0.2, 0.25) is 0 Å². The Labute approximate surface area is 91.0 Å². The first-order valence-electron chi connectivity index (χ1n) is 4.41. The standard InChI is InChI=1S/C10H9N3OS/c14-10(8-2-1-3-11-4-8)12-5-9-6-15-7-13-9/h1-4,6-7H,5H2,(H,12,14). The molecule has 2 aromatic rings. The summed E-state index contributed by atoms with van der Waals surface area (Å²) in [6, 6.07) is 3.46. The van der Waals surface area contributed by atoms with E-state index in [9.17, 15) is 4.79 Å². The van der Waals surface area contributed by atoms with Gasteiger partial charge in [-0.15, -0.1) is 11.3 Å². The first-order chi connectivity index (χ1) is 7.36. The molecule has 0 aliphatic rings. The van der Waals surface area contributed by atoms with Gasteiger partial charge in [0.2, 0.25) is 0 Å². The van der Waals surface area contributed by atoms with E-state index in [1.54, 1.807) is 23.8 Å². The summed E-state index contributed by atoms with van der Waals surface area (Å²) in [5.41, 5.74) is 3.18. The summed E-state index contributed by atoms with van der Waals surface area (Å²) in [5.74, 6) is -0.129. The van der Waals surface area contributed by atoms with Crippen molar-refractivity contribution in [2.75, 3.05) is 0 Å². The van der Waals surface area contributed by atoms with Crippen molar-refractivity contribution in [3.8, 4) is 0 Å². The third-order valence-corrected chi connectivity index (χ3v) is 2.47. The molecule has 2 aromatic heterocycles. The van der Waals surface area contributed by atoms with Crippen LogP contribution in [-0.2, 0) is 6.54 Å². The third kappa shape index (κ3) is 2.60. The van der Waals surface area contributed by atoms with Crippen molar-refractivity contribution in [1.82, 2.24) is 15.3 Å². The maximum Gasteiger partial charge on any atom is 0.253 e. The number of rotatable bonds is 3. The number of pyridine rings is 1. The predicted octanol–water partition coefficient (Wildman–Crippen LogP) is 1.47. The van der Waals surface area contributed by atoms with Crippen LogP contribution in [0.1, 0.15) is 16.1 Å². The van der Waals surface area contributed by atoms with Gasteiger partial charge in [-0.25, -0.2) is 4.98 Å². The van der Waals surface area contributed by atoms with E-state index in [1.807, 2.05) is 5.38 Å². The highest BCUT2D eigenvalue weighted by molar-refractivity contribution is 7.07. The van der Waals surface area contributed by atoms with Gasteiger partial charge in [0.25, 0.3) is 5.91 Å². The Balaban J connectivity index is 1.94. The number of carbonyl (C=O) groups is 1. The molecule has 0 aromatic carbocycles. The number of thiazole rings is 1. The maximum atomic E-state index is 11.6. The predicted molar refractivity (Wildman–Crippen MR) is 57.5 cm³/mol. The van der Waals surface area contributed by atoms with Gasteiger partial charge >= 0.3 is 0 Å². The summed E-state index contributed by atoms with van der Waals surface area (Å²) in [6.07, 6.45) is 3.17. The molecule has 5 heteroatoms. The zero-order valence-electron chi connectivity index (χ0n) is 7.88. The van der Waals surface area contributed by atoms with Gasteiger partial charge in [-0.1, -0.05) is 0 Å². The van der Waals surface area contributed by atoms with Crippen LogP contribution in [0.5, 0.6) is 0 Å². The van der Waals surface area contributed by atoms with Crippen LogP contribution < -0.4 is 5.32 Å². The van der Waals surface area contributed by atoms with Crippen molar-refractivity contribution >= 4 is 17.2 Å². The second-order valence-corrected chi connectivity index (χ2v) is 3.62. The van der Waals surface area contributed by atoms with E-state index >= 15 is 0 Å². The van der Waals surface area contributed by atoms with E-state index in [0.717, 1.165) is 5.69 Å². The highest BCUT2D eigenvalue weighted by Gasteiger charge is 2.04. The monoisotopic (exact) mass is 219 g/mol. The number of carbonyl (C=O) groups excluding carboxylic acids is 1. The molecule has 15 heavy (non-hydrogen) atoms. The van der Waals surface area contributed by atoms with E-state index in [2.05, 4.69) is 15.3 Å². The summed E-state index contributed by atoms with van der Waals surface area (Å²) >= 11 is 1.51. The van der Waals surface area contributed by atoms with E-state index in [0.29, 0.717) is 12.1 Å². The fraction of sp³-hybridized carbons (Fsp3) is 0.100. The normalized spacial score (nSPS) is 9.87. The molecule has 0 unspecified atom stereocenters. The molecule has 0 fully saturated rings. The average molecular weight is 219 g/mol. The van der Waals surface area contributed by atoms with Gasteiger partial charge in [-0.05, 0) is 12.1 Å². The Morgan fingerprint density at radius 3 is 3.13 bits per heavy atom. The topological polar surface area (TPSA) is 54.9 Å². The Kier molecular flexibility index (Phi) is 3.04. The minimum atomic E-state index is -0.129. The van der Waals surface area contributed by atoms with Gasteiger partial charge in [0, 0.05) is 17.8 Å². The Bertz CT molecular complexity index is 427. The first kappa shape index (κ1) is 9.79. The van der Waals surface area contributed by atoms with E-state index < -0.39 is 0 Å². The molecule has 0 radical (unpaired) electrons. The Morgan fingerprint density at radius 1 is 1.53 bits per heavy atom. The van der Waals surface area contributed by atoms with Crippen molar-refractivity contribution in [2.24, 2.45) is 0 Å². The van der Waals surface area contributed by atoms with Crippen molar-refractivity contribution in [3.63, 3.8) is 0 Å². The molecule has 0 saturated heterocycles. The fourth-order valence-corrected chi connectivity index (χ4v) is 1.65. The minimum absolute atomic E-state index is 0.129. The summed E-state index contributed by atoms with van der Waals surface area (Å²) < 4.78 is 0. The highest BCUT2D eigenvalue weighted by Crippen LogP contribution is 2.01. The maximum absolute atomic E-state index is 11.6. The smallest absolute Gasteiger partial charge is 0.253 e. The number of amides is 1. The van der Waals surface area contributed by atoms with E-state index in [4.69, 9.17) is 0 Å². The summed E-state index contributed by atoms with van der Waals surface area (Å²) in [6.45, 7) is 0.456. The van der Waals surface area contributed by atoms with E-state index in [1.165, 1.54) is 17.5 Å². The summed E-state index contributed by atoms with van der Waals surface area (Å²) in [5, 5.41) is 4.67. The Hall–Kier alpha value is -1.75. The number of aromatic nitrogens is 2. The second kappa shape index (κ2) is 4.65. The molecule has 0 bridgehead atoms. The molecular formula is C10H9N3OS. The van der Waals surface area contributed by atoms with Crippen molar-refractivity contribution in [2.45, 2.75) is 6.54 Å². The molecule has 0 saturated carbocycles. The quantitative estimate of drug-likeness (QED) is 0.850. The third-order valence-electron chi connectivity index (χ3n) is 1.84. The lowest BCUT2D eigenvalue weighted by molar-refractivity contribution is 0.0950. The van der Waals surface area contributed by atoms with Crippen LogP contribution in [0.25, 0.3) is 0 Å². The molecular weight excluding hydrogens is 210 g/mol. The molecule has 4 nitrogen and oxygen atoms in total. The van der Waals surface area contributed by atoms with Gasteiger partial charge in [0.05, 0.1) is 23.3 Å². The van der Waals surface area contributed by atoms with Crippen LogP contribution in [-0.4, -0.2) is 15.9 Å². The molecule has 1 N–H and O–H groups in total. The number of nitrogens with zero attached hydrogens (tertiary/aromatic N) is 2. The van der Waals surface area contributed by atoms with Crippen LogP contribution in [0.4, 0.5) is 0 Å². The lowest BCUT2D eigenvalue weighted by Gasteiger charge is -2.01. The fourth-order valence-electron chi connectivity index (χ4n) is 1.09. The molecule has 0 aliphatic carbocycles. The molecule has 1 amide bonds. The molecule has 0 aliphatic heterocycles. The van der Waals surface area contributed by atoms with Crippen LogP contribution >= 0.6 is 11.3 Å². The lowest BCUT2D eigenvalue weighted by Crippen LogP contribution is -2.22. The lowest BCUT2D eigenvalue weighted by atomic mass is 10.2. The summed E-state index contributed by atoms with van der Waals surface area (Å²) in [7, 11) is 0. The largest absolute Gasteiger partial charge is 0.346 e. The minimum Gasteiger partial charge on any atom is -0.346 e. The number of hydrogen-bond donors (Lipinski definition) is 1. The molecule has 2 heterocycles. The SMILES string of the molecule is O=C(NCc1cscn1)c1cccnc1. The van der Waals surface area contributed by atoms with Crippen LogP contribution in [0.3, 0.4) is 0 Å². The summed E-state index contributed by atoms with van der Waals surface area (Å²) in [4.78, 5) is 19.5. The van der Waals surface area contributed by atoms with Gasteiger partial charge in [-0.2, -0.15) is 0 Å². The molecule has 76 valence electrons. The van der Waals surface area contributed by atoms with Crippen LogP contribution in [0.15, 0.2) is 35.4 Å². The molecule has 0 spiro atoms. The molecule has 0 atom stereocenters. The second-order valence-electron chi connectivity index (χ2n) is 2.90. The molecule has 2 rings (SSSR count). The van der Waals surface area contributed by atoms with Gasteiger partial charge in [0.1, 0.15) is 0 Å². The van der Waals surface area contributed by atoms with Crippen molar-refractivity contribution in [1.29, 1.82) is 0 Å². The van der Waals surface area contributed by atoms with Crippen molar-refractivity contribution in [3.05, 3.63) is 46.7 Å². The zero-order chi connectivity index (χ0) is 10.5. The number of hydrogen-bond acceptors (Lipinski definition) is 4. The van der Waals surface area contributed by atoms with E-state index in [-0.39, 0.29) is 5.91 Å². The van der Waals surface area contributed by atoms with Crippen molar-refractivity contribution < 1.29 is 4.79 Å². The van der Waals surface area contributed by atoms with Gasteiger partial charge < -0.3 is 5.32 Å².